The molecule has 8 nitrogen and oxygen atoms in total. The van der Waals surface area contributed by atoms with Crippen molar-refractivity contribution in [2.24, 2.45) is 0 Å². The van der Waals surface area contributed by atoms with Gasteiger partial charge in [-0.1, -0.05) is 30.3 Å². The van der Waals surface area contributed by atoms with E-state index in [1.807, 2.05) is 62.5 Å². The van der Waals surface area contributed by atoms with Crippen LogP contribution in [0.2, 0.25) is 0 Å². The zero-order valence-electron chi connectivity index (χ0n) is 20.4. The van der Waals surface area contributed by atoms with E-state index in [1.54, 1.807) is 28.5 Å². The van der Waals surface area contributed by atoms with Gasteiger partial charge in [-0.2, -0.15) is 5.10 Å². The van der Waals surface area contributed by atoms with Crippen LogP contribution in [-0.2, 0) is 4.74 Å². The molecule has 0 spiro atoms. The number of aryl methyl sites for hydroxylation is 1. The van der Waals surface area contributed by atoms with Crippen LogP contribution < -0.4 is 5.56 Å². The number of amides is 1. The number of carbonyl (C=O) groups excluding carboxylic acids is 1. The quantitative estimate of drug-likeness (QED) is 0.423. The fourth-order valence-corrected chi connectivity index (χ4v) is 5.59. The lowest BCUT2D eigenvalue weighted by Gasteiger charge is -2.33. The third kappa shape index (κ3) is 4.73. The second-order valence-corrected chi connectivity index (χ2v) is 10.9. The van der Waals surface area contributed by atoms with Crippen molar-refractivity contribution in [3.8, 4) is 21.0 Å². The zero-order chi connectivity index (χ0) is 24.7. The molecule has 1 aliphatic rings. The number of ether oxygens (including phenoxy) is 1. The highest BCUT2D eigenvalue weighted by atomic mass is 32.1. The maximum atomic E-state index is 12.7. The maximum absolute atomic E-state index is 12.7. The third-order valence-corrected chi connectivity index (χ3v) is 7.40. The van der Waals surface area contributed by atoms with Gasteiger partial charge in [0.15, 0.2) is 0 Å². The number of rotatable bonds is 3. The van der Waals surface area contributed by atoms with Crippen LogP contribution in [0.25, 0.3) is 26.7 Å². The topological polar surface area (TPSA) is 92.6 Å². The zero-order valence-corrected chi connectivity index (χ0v) is 21.2. The number of aromatic amines is 1. The molecule has 1 N–H and O–H groups in total. The van der Waals surface area contributed by atoms with Crippen molar-refractivity contribution >= 4 is 23.1 Å². The molecule has 0 bridgehead atoms. The minimum Gasteiger partial charge on any atom is -0.444 e. The van der Waals surface area contributed by atoms with E-state index in [0.717, 1.165) is 45.2 Å². The number of hydrogen-bond acceptors (Lipinski definition) is 6. The van der Waals surface area contributed by atoms with E-state index in [2.05, 4.69) is 10.1 Å². The predicted molar refractivity (Wildman–Crippen MR) is 137 cm³/mol. The first kappa shape index (κ1) is 23.3. The number of nitrogens with zero attached hydrogens (tertiary/aromatic N) is 4. The number of thiazole rings is 1. The van der Waals surface area contributed by atoms with Gasteiger partial charge in [0.05, 0.1) is 28.0 Å². The molecule has 0 atom stereocenters. The lowest BCUT2D eigenvalue weighted by atomic mass is 9.93. The molecule has 1 fully saturated rings. The molecule has 5 rings (SSSR count). The van der Waals surface area contributed by atoms with Crippen LogP contribution in [0.4, 0.5) is 4.79 Å². The molecule has 1 aromatic carbocycles. The Morgan fingerprint density at radius 3 is 2.57 bits per heavy atom. The van der Waals surface area contributed by atoms with Gasteiger partial charge in [0.25, 0.3) is 5.56 Å². The van der Waals surface area contributed by atoms with E-state index < -0.39 is 5.60 Å². The summed E-state index contributed by atoms with van der Waals surface area (Å²) in [5, 5.41) is 5.59. The molecule has 9 heteroatoms. The van der Waals surface area contributed by atoms with Crippen LogP contribution in [-0.4, -0.2) is 49.3 Å². The van der Waals surface area contributed by atoms with Crippen molar-refractivity contribution in [1.29, 1.82) is 0 Å². The maximum Gasteiger partial charge on any atom is 0.410 e. The van der Waals surface area contributed by atoms with Gasteiger partial charge in [-0.25, -0.2) is 14.3 Å². The van der Waals surface area contributed by atoms with Gasteiger partial charge in [-0.3, -0.25) is 4.79 Å². The molecule has 1 saturated heterocycles. The largest absolute Gasteiger partial charge is 0.444 e. The monoisotopic (exact) mass is 491 g/mol. The minimum absolute atomic E-state index is 0.119. The summed E-state index contributed by atoms with van der Waals surface area (Å²) < 4.78 is 7.35. The molecule has 1 aliphatic heterocycles. The molecular weight excluding hydrogens is 462 g/mol. The summed E-state index contributed by atoms with van der Waals surface area (Å²) in [6, 6.07) is 11.7. The Morgan fingerprint density at radius 1 is 1.17 bits per heavy atom. The molecule has 0 saturated carbocycles. The lowest BCUT2D eigenvalue weighted by molar-refractivity contribution is 0.0203. The van der Waals surface area contributed by atoms with E-state index in [4.69, 9.17) is 9.72 Å². The van der Waals surface area contributed by atoms with Crippen LogP contribution >= 0.6 is 11.3 Å². The fraction of sp³-hybridized carbons (Fsp3) is 0.385. The first-order valence-electron chi connectivity index (χ1n) is 11.8. The summed E-state index contributed by atoms with van der Waals surface area (Å²) in [6.07, 6.45) is 3.00. The first-order valence-corrected chi connectivity index (χ1v) is 12.6. The lowest BCUT2D eigenvalue weighted by Crippen LogP contribution is -2.41. The Labute approximate surface area is 207 Å². The summed E-state index contributed by atoms with van der Waals surface area (Å²) >= 11 is 1.60. The normalized spacial score (nSPS) is 15.0. The summed E-state index contributed by atoms with van der Waals surface area (Å²) in [7, 11) is 0. The molecule has 0 aliphatic carbocycles. The highest BCUT2D eigenvalue weighted by Crippen LogP contribution is 2.37. The number of H-pyrrole nitrogens is 1. The number of benzene rings is 1. The number of piperidine rings is 1. The van der Waals surface area contributed by atoms with Crippen molar-refractivity contribution in [1.82, 2.24) is 24.5 Å². The Balaban J connectivity index is 1.44. The van der Waals surface area contributed by atoms with Gasteiger partial charge < -0.3 is 14.6 Å². The standard InChI is InChI=1S/C26H29N5O3S/c1-16-22(35-24(28-16)18-8-6-5-7-9-18)19-15-27-31-20(14-21(32)29-23(19)31)17-10-12-30(13-11-17)25(33)34-26(2,3)4/h5-9,14-15,17H,10-13H2,1-4H3,(H,29,32). The molecule has 35 heavy (non-hydrogen) atoms. The molecule has 4 aromatic rings. The highest BCUT2D eigenvalue weighted by molar-refractivity contribution is 7.18. The van der Waals surface area contributed by atoms with Crippen molar-refractivity contribution in [3.05, 3.63) is 64.3 Å². The first-order chi connectivity index (χ1) is 16.7. The van der Waals surface area contributed by atoms with Gasteiger partial charge in [-0.15, -0.1) is 11.3 Å². The SMILES string of the molecule is Cc1nc(-c2ccccc2)sc1-c1cnn2c(C3CCN(C(=O)OC(C)(C)C)CC3)cc(=O)[nH]c12. The summed E-state index contributed by atoms with van der Waals surface area (Å²) in [5.41, 5.74) is 3.70. The van der Waals surface area contributed by atoms with Crippen LogP contribution in [0.15, 0.2) is 47.4 Å². The Morgan fingerprint density at radius 2 is 1.89 bits per heavy atom. The summed E-state index contributed by atoms with van der Waals surface area (Å²) in [5.74, 6) is 0.119. The van der Waals surface area contributed by atoms with Gasteiger partial charge in [0.2, 0.25) is 0 Å². The molecular formula is C26H29N5O3S. The fourth-order valence-electron chi connectivity index (χ4n) is 4.50. The molecule has 182 valence electrons. The average molecular weight is 492 g/mol. The molecule has 4 heterocycles. The second-order valence-electron chi connectivity index (χ2n) is 9.92. The van der Waals surface area contributed by atoms with E-state index in [9.17, 15) is 9.59 Å². The van der Waals surface area contributed by atoms with Crippen molar-refractivity contribution in [2.75, 3.05) is 13.1 Å². The van der Waals surface area contributed by atoms with E-state index >= 15 is 0 Å². The Hall–Kier alpha value is -3.46. The number of aromatic nitrogens is 4. The number of likely N-dealkylation sites (tertiary alicyclic amines) is 1. The number of hydrogen-bond donors (Lipinski definition) is 1. The van der Waals surface area contributed by atoms with Crippen molar-refractivity contribution in [2.45, 2.75) is 52.1 Å². The third-order valence-electron chi connectivity index (χ3n) is 6.16. The Bertz CT molecular complexity index is 1420. The van der Waals surface area contributed by atoms with Gasteiger partial charge in [0, 0.05) is 30.6 Å². The molecule has 0 radical (unpaired) electrons. The summed E-state index contributed by atoms with van der Waals surface area (Å²) in [4.78, 5) is 35.6. The molecule has 3 aromatic heterocycles. The van der Waals surface area contributed by atoms with Crippen molar-refractivity contribution in [3.63, 3.8) is 0 Å². The van der Waals surface area contributed by atoms with E-state index in [0.29, 0.717) is 18.7 Å². The number of nitrogens with one attached hydrogen (secondary N) is 1. The number of fused-ring (bicyclic) bond motifs is 1. The van der Waals surface area contributed by atoms with Crippen LogP contribution in [0.5, 0.6) is 0 Å². The summed E-state index contributed by atoms with van der Waals surface area (Å²) in [6.45, 7) is 8.75. The van der Waals surface area contributed by atoms with Gasteiger partial charge in [-0.05, 0) is 40.5 Å². The minimum atomic E-state index is -0.520. The van der Waals surface area contributed by atoms with E-state index in [-0.39, 0.29) is 17.6 Å². The molecule has 1 amide bonds. The highest BCUT2D eigenvalue weighted by Gasteiger charge is 2.29. The van der Waals surface area contributed by atoms with Crippen LogP contribution in [0.1, 0.15) is 50.9 Å². The second kappa shape index (κ2) is 8.96. The van der Waals surface area contributed by atoms with Crippen LogP contribution in [0.3, 0.4) is 0 Å². The number of carbonyl (C=O) groups is 1. The smallest absolute Gasteiger partial charge is 0.410 e. The Kier molecular flexibility index (Phi) is 5.96. The van der Waals surface area contributed by atoms with Crippen LogP contribution in [0, 0.1) is 6.92 Å². The van der Waals surface area contributed by atoms with E-state index in [1.165, 1.54) is 0 Å². The molecule has 0 unspecified atom stereocenters. The van der Waals surface area contributed by atoms with Gasteiger partial charge in [0.1, 0.15) is 16.3 Å². The van der Waals surface area contributed by atoms with Gasteiger partial charge >= 0.3 is 6.09 Å². The van der Waals surface area contributed by atoms with Crippen molar-refractivity contribution < 1.29 is 9.53 Å². The average Bonchev–Trinajstić information content (AvgIpc) is 3.41. The predicted octanol–water partition coefficient (Wildman–Crippen LogP) is 5.24.